The highest BCUT2D eigenvalue weighted by molar-refractivity contribution is 9.13. The minimum atomic E-state index is -1.01. The highest BCUT2D eigenvalue weighted by Gasteiger charge is 2.30. The molecule has 1 heterocycles. The molecule has 1 unspecified atom stereocenters. The molecule has 0 radical (unpaired) electrons. The van der Waals surface area contributed by atoms with Crippen molar-refractivity contribution in [1.29, 1.82) is 0 Å². The van der Waals surface area contributed by atoms with Crippen LogP contribution in [0.1, 0.15) is 36.8 Å². The quantitative estimate of drug-likeness (QED) is 0.588. The normalized spacial score (nSPS) is 12.5. The van der Waals surface area contributed by atoms with Crippen molar-refractivity contribution in [3.05, 3.63) is 56.7 Å². The molecular weight excluding hydrogens is 490 g/mol. The highest BCUT2D eigenvalue weighted by atomic mass is 79.9. The van der Waals surface area contributed by atoms with Gasteiger partial charge in [0.15, 0.2) is 0 Å². The molecule has 0 spiro atoms. The number of carbonyl (C=O) groups excluding carboxylic acids is 1. The Bertz CT molecular complexity index is 844. The van der Waals surface area contributed by atoms with Gasteiger partial charge in [-0.3, -0.25) is 4.79 Å². The molecule has 0 saturated heterocycles. The third-order valence-corrected chi connectivity index (χ3v) is 6.55. The molecule has 0 aliphatic carbocycles. The Morgan fingerprint density at radius 2 is 1.82 bits per heavy atom. The molecule has 0 bridgehead atoms. The first-order chi connectivity index (χ1) is 13.0. The third kappa shape index (κ3) is 5.61. The predicted octanol–water partition coefficient (Wildman–Crippen LogP) is 4.67. The van der Waals surface area contributed by atoms with E-state index in [2.05, 4.69) is 37.2 Å². The Morgan fingerprint density at radius 3 is 2.29 bits per heavy atom. The van der Waals surface area contributed by atoms with Gasteiger partial charge in [-0.05, 0) is 70.7 Å². The molecular formula is C20H25Br2N3O3. The third-order valence-electron chi connectivity index (χ3n) is 4.45. The molecule has 2 N–H and O–H groups in total. The van der Waals surface area contributed by atoms with Crippen molar-refractivity contribution < 1.29 is 14.7 Å². The van der Waals surface area contributed by atoms with E-state index in [1.807, 2.05) is 51.1 Å². The van der Waals surface area contributed by atoms with E-state index in [-0.39, 0.29) is 18.5 Å². The summed E-state index contributed by atoms with van der Waals surface area (Å²) in [6.45, 7) is 5.71. The SMILES string of the molecule is Cn1c(C(=O)NC(Cc2ccccc2)CN(C(=O)O)C(C)(C)C)cc(Br)c1Br. The first kappa shape index (κ1) is 22.5. The number of rotatable bonds is 6. The summed E-state index contributed by atoms with van der Waals surface area (Å²) in [4.78, 5) is 26.0. The van der Waals surface area contributed by atoms with Crippen molar-refractivity contribution in [3.63, 3.8) is 0 Å². The zero-order chi connectivity index (χ0) is 21.1. The summed E-state index contributed by atoms with van der Waals surface area (Å²) in [6, 6.07) is 11.1. The number of carboxylic acid groups (broad SMARTS) is 1. The zero-order valence-electron chi connectivity index (χ0n) is 16.4. The van der Waals surface area contributed by atoms with E-state index < -0.39 is 11.6 Å². The van der Waals surface area contributed by atoms with E-state index in [9.17, 15) is 14.7 Å². The zero-order valence-corrected chi connectivity index (χ0v) is 19.5. The summed E-state index contributed by atoms with van der Waals surface area (Å²) in [5.74, 6) is -0.255. The summed E-state index contributed by atoms with van der Waals surface area (Å²) in [7, 11) is 1.79. The average molecular weight is 515 g/mol. The van der Waals surface area contributed by atoms with Crippen LogP contribution in [0.2, 0.25) is 0 Å². The summed E-state index contributed by atoms with van der Waals surface area (Å²) >= 11 is 6.83. The van der Waals surface area contributed by atoms with E-state index in [1.54, 1.807) is 17.7 Å². The number of hydrogen-bond donors (Lipinski definition) is 2. The monoisotopic (exact) mass is 513 g/mol. The molecule has 1 atom stereocenters. The summed E-state index contributed by atoms with van der Waals surface area (Å²) in [5.41, 5.74) is 0.929. The molecule has 6 nitrogen and oxygen atoms in total. The van der Waals surface area contributed by atoms with Gasteiger partial charge in [0.1, 0.15) is 5.69 Å². The van der Waals surface area contributed by atoms with Crippen molar-refractivity contribution in [2.45, 2.75) is 38.8 Å². The Labute approximate surface area is 182 Å². The second-order valence-electron chi connectivity index (χ2n) is 7.65. The first-order valence-electron chi connectivity index (χ1n) is 8.86. The van der Waals surface area contributed by atoms with E-state index in [0.29, 0.717) is 12.1 Å². The van der Waals surface area contributed by atoms with Gasteiger partial charge in [-0.2, -0.15) is 0 Å². The number of amides is 2. The van der Waals surface area contributed by atoms with Gasteiger partial charge >= 0.3 is 6.09 Å². The minimum Gasteiger partial charge on any atom is -0.465 e. The van der Waals surface area contributed by atoms with Crippen molar-refractivity contribution >= 4 is 43.9 Å². The summed E-state index contributed by atoms with van der Waals surface area (Å²) in [6.07, 6.45) is -0.483. The number of aromatic nitrogens is 1. The fourth-order valence-electron chi connectivity index (χ4n) is 2.94. The van der Waals surface area contributed by atoms with Crippen molar-refractivity contribution in [2.75, 3.05) is 6.54 Å². The Kier molecular flexibility index (Phi) is 7.33. The van der Waals surface area contributed by atoms with Crippen LogP contribution < -0.4 is 5.32 Å². The van der Waals surface area contributed by atoms with Crippen LogP contribution in [0.3, 0.4) is 0 Å². The van der Waals surface area contributed by atoms with E-state index in [1.165, 1.54) is 4.90 Å². The highest BCUT2D eigenvalue weighted by Crippen LogP contribution is 2.26. The molecule has 0 aliphatic rings. The van der Waals surface area contributed by atoms with Crippen LogP contribution in [0.4, 0.5) is 4.79 Å². The molecule has 2 rings (SSSR count). The van der Waals surface area contributed by atoms with Crippen molar-refractivity contribution in [3.8, 4) is 0 Å². The maximum absolute atomic E-state index is 12.9. The molecule has 2 amide bonds. The fraction of sp³-hybridized carbons (Fsp3) is 0.400. The summed E-state index contributed by atoms with van der Waals surface area (Å²) < 4.78 is 3.28. The van der Waals surface area contributed by atoms with Gasteiger partial charge in [0.05, 0.1) is 15.1 Å². The molecule has 8 heteroatoms. The van der Waals surface area contributed by atoms with Gasteiger partial charge in [-0.15, -0.1) is 0 Å². The van der Waals surface area contributed by atoms with Crippen LogP contribution in [0.25, 0.3) is 0 Å². The van der Waals surface area contributed by atoms with Crippen molar-refractivity contribution in [1.82, 2.24) is 14.8 Å². The fourth-order valence-corrected chi connectivity index (χ4v) is 3.73. The molecule has 1 aromatic heterocycles. The molecule has 1 aromatic carbocycles. The van der Waals surface area contributed by atoms with Gasteiger partial charge in [-0.25, -0.2) is 4.79 Å². The second-order valence-corrected chi connectivity index (χ2v) is 9.26. The van der Waals surface area contributed by atoms with Crippen LogP contribution in [0.15, 0.2) is 45.5 Å². The minimum absolute atomic E-state index is 0.187. The number of carbonyl (C=O) groups is 2. The van der Waals surface area contributed by atoms with Gasteiger partial charge < -0.3 is 19.9 Å². The number of benzene rings is 1. The van der Waals surface area contributed by atoms with Gasteiger partial charge in [-0.1, -0.05) is 30.3 Å². The maximum Gasteiger partial charge on any atom is 0.407 e. The van der Waals surface area contributed by atoms with Crippen LogP contribution in [-0.4, -0.2) is 44.7 Å². The van der Waals surface area contributed by atoms with Crippen LogP contribution in [-0.2, 0) is 13.5 Å². The largest absolute Gasteiger partial charge is 0.465 e. The standard InChI is InChI=1S/C20H25Br2N3O3/c1-20(2,3)25(19(27)28)12-14(10-13-8-6-5-7-9-13)23-18(26)16-11-15(21)17(22)24(16)4/h5-9,11,14H,10,12H2,1-4H3,(H,23,26)(H,27,28). The topological polar surface area (TPSA) is 74.6 Å². The second kappa shape index (κ2) is 9.13. The molecule has 28 heavy (non-hydrogen) atoms. The van der Waals surface area contributed by atoms with E-state index in [0.717, 1.165) is 14.6 Å². The number of nitrogens with one attached hydrogen (secondary N) is 1. The van der Waals surface area contributed by atoms with E-state index in [4.69, 9.17) is 0 Å². The van der Waals surface area contributed by atoms with Gasteiger partial charge in [0.25, 0.3) is 5.91 Å². The smallest absolute Gasteiger partial charge is 0.407 e. The number of nitrogens with zero attached hydrogens (tertiary/aromatic N) is 2. The molecule has 152 valence electrons. The average Bonchev–Trinajstić information content (AvgIpc) is 2.86. The molecule has 2 aromatic rings. The lowest BCUT2D eigenvalue weighted by atomic mass is 10.0. The van der Waals surface area contributed by atoms with Crippen LogP contribution in [0.5, 0.6) is 0 Å². The molecule has 0 fully saturated rings. The Balaban J connectivity index is 2.28. The molecule has 0 saturated carbocycles. The summed E-state index contributed by atoms with van der Waals surface area (Å²) in [5, 5.41) is 12.7. The molecule has 0 aliphatic heterocycles. The predicted molar refractivity (Wildman–Crippen MR) is 117 cm³/mol. The van der Waals surface area contributed by atoms with Gasteiger partial charge in [0, 0.05) is 19.1 Å². The van der Waals surface area contributed by atoms with Crippen LogP contribution >= 0.6 is 31.9 Å². The Morgan fingerprint density at radius 1 is 1.21 bits per heavy atom. The van der Waals surface area contributed by atoms with Crippen LogP contribution in [0, 0.1) is 0 Å². The Hall–Kier alpha value is -1.80. The van der Waals surface area contributed by atoms with E-state index >= 15 is 0 Å². The lowest BCUT2D eigenvalue weighted by molar-refractivity contribution is 0.0817. The first-order valence-corrected chi connectivity index (χ1v) is 10.5. The lowest BCUT2D eigenvalue weighted by Gasteiger charge is -2.36. The van der Waals surface area contributed by atoms with Gasteiger partial charge in [0.2, 0.25) is 0 Å². The number of hydrogen-bond acceptors (Lipinski definition) is 2. The number of halogens is 2. The van der Waals surface area contributed by atoms with Crippen molar-refractivity contribution in [2.24, 2.45) is 7.05 Å². The maximum atomic E-state index is 12.9. The lowest BCUT2D eigenvalue weighted by Crippen LogP contribution is -2.53.